The van der Waals surface area contributed by atoms with Gasteiger partial charge in [-0.25, -0.2) is 0 Å². The van der Waals surface area contributed by atoms with Crippen LogP contribution in [-0.2, 0) is 9.53 Å². The van der Waals surface area contributed by atoms with Crippen LogP contribution in [0.1, 0.15) is 26.7 Å². The van der Waals surface area contributed by atoms with Crippen LogP contribution < -0.4 is 5.73 Å². The molecular formula is C10H20N2O2S. The van der Waals surface area contributed by atoms with Crippen molar-refractivity contribution in [2.24, 2.45) is 5.73 Å². The van der Waals surface area contributed by atoms with Crippen LogP contribution in [0.4, 0.5) is 0 Å². The summed E-state index contributed by atoms with van der Waals surface area (Å²) in [6, 6.07) is 0. The van der Waals surface area contributed by atoms with Gasteiger partial charge in [0.1, 0.15) is 6.61 Å². The summed E-state index contributed by atoms with van der Waals surface area (Å²) >= 11 is 4.78. The molecule has 0 saturated carbocycles. The maximum Gasteiger partial charge on any atom is 0.248 e. The zero-order chi connectivity index (χ0) is 11.7. The fourth-order valence-electron chi connectivity index (χ4n) is 1.15. The van der Waals surface area contributed by atoms with E-state index in [0.717, 1.165) is 12.8 Å². The van der Waals surface area contributed by atoms with Crippen LogP contribution in [0.2, 0.25) is 0 Å². The quantitative estimate of drug-likeness (QED) is 0.500. The van der Waals surface area contributed by atoms with Crippen molar-refractivity contribution in [2.75, 3.05) is 26.3 Å². The summed E-state index contributed by atoms with van der Waals surface area (Å²) in [7, 11) is 0. The molecule has 0 atom stereocenters. The van der Waals surface area contributed by atoms with E-state index in [1.807, 2.05) is 13.8 Å². The van der Waals surface area contributed by atoms with Crippen molar-refractivity contribution in [3.63, 3.8) is 0 Å². The predicted octanol–water partition coefficient (Wildman–Crippen LogP) is 0.938. The third-order valence-electron chi connectivity index (χ3n) is 1.77. The highest BCUT2D eigenvalue weighted by atomic mass is 32.1. The highest BCUT2D eigenvalue weighted by Gasteiger charge is 2.12. The first-order valence-corrected chi connectivity index (χ1v) is 5.66. The number of amides is 1. The molecule has 0 spiro atoms. The molecule has 0 bridgehead atoms. The third kappa shape index (κ3) is 7.27. The van der Waals surface area contributed by atoms with Crippen LogP contribution in [0.5, 0.6) is 0 Å². The standard InChI is InChI=1S/C10H20N2O2S/c1-3-5-12(7-9(11)15)10(13)8-14-6-4-2/h3-8H2,1-2H3,(H2,11,15). The minimum atomic E-state index is -0.0434. The van der Waals surface area contributed by atoms with Crippen LogP contribution in [0.15, 0.2) is 0 Å². The zero-order valence-corrected chi connectivity index (χ0v) is 10.3. The third-order valence-corrected chi connectivity index (χ3v) is 1.90. The van der Waals surface area contributed by atoms with Gasteiger partial charge in [0.15, 0.2) is 0 Å². The number of thiocarbonyl (C=S) groups is 1. The second-order valence-corrected chi connectivity index (χ2v) is 3.86. The Bertz CT molecular complexity index is 210. The molecule has 0 aromatic rings. The van der Waals surface area contributed by atoms with Crippen molar-refractivity contribution in [1.82, 2.24) is 4.90 Å². The Morgan fingerprint density at radius 3 is 2.53 bits per heavy atom. The van der Waals surface area contributed by atoms with Gasteiger partial charge >= 0.3 is 0 Å². The van der Waals surface area contributed by atoms with E-state index in [0.29, 0.717) is 24.7 Å². The first-order chi connectivity index (χ1) is 7.11. The number of hydrogen-bond acceptors (Lipinski definition) is 3. The number of carbonyl (C=O) groups is 1. The van der Waals surface area contributed by atoms with Crippen LogP contribution in [-0.4, -0.2) is 42.1 Å². The van der Waals surface area contributed by atoms with E-state index in [1.54, 1.807) is 4.90 Å². The fraction of sp³-hybridized carbons (Fsp3) is 0.800. The molecule has 88 valence electrons. The van der Waals surface area contributed by atoms with Crippen molar-refractivity contribution < 1.29 is 9.53 Å². The number of hydrogen-bond donors (Lipinski definition) is 1. The van der Waals surface area contributed by atoms with Crippen molar-refractivity contribution in [3.8, 4) is 0 Å². The average molecular weight is 232 g/mol. The first-order valence-electron chi connectivity index (χ1n) is 5.25. The maximum atomic E-state index is 11.6. The van der Waals surface area contributed by atoms with Crippen LogP contribution in [0, 0.1) is 0 Å². The van der Waals surface area contributed by atoms with Gasteiger partial charge in [-0.3, -0.25) is 4.79 Å². The average Bonchev–Trinajstić information content (AvgIpc) is 2.17. The minimum Gasteiger partial charge on any atom is -0.392 e. The first kappa shape index (κ1) is 14.3. The molecule has 0 heterocycles. The van der Waals surface area contributed by atoms with Crippen LogP contribution >= 0.6 is 12.2 Å². The molecule has 0 radical (unpaired) electrons. The molecular weight excluding hydrogens is 212 g/mol. The Labute approximate surface area is 96.8 Å². The zero-order valence-electron chi connectivity index (χ0n) is 9.49. The monoisotopic (exact) mass is 232 g/mol. The lowest BCUT2D eigenvalue weighted by atomic mass is 10.4. The van der Waals surface area contributed by atoms with Gasteiger partial charge in [-0.15, -0.1) is 0 Å². The Hall–Kier alpha value is -0.680. The van der Waals surface area contributed by atoms with Crippen molar-refractivity contribution in [3.05, 3.63) is 0 Å². The number of carbonyl (C=O) groups excluding carboxylic acids is 1. The van der Waals surface area contributed by atoms with E-state index in [1.165, 1.54) is 0 Å². The van der Waals surface area contributed by atoms with E-state index in [2.05, 4.69) is 0 Å². The van der Waals surface area contributed by atoms with Gasteiger partial charge in [0.2, 0.25) is 5.91 Å². The Balaban J connectivity index is 3.98. The topological polar surface area (TPSA) is 55.6 Å². The van der Waals surface area contributed by atoms with E-state index >= 15 is 0 Å². The van der Waals surface area contributed by atoms with E-state index in [4.69, 9.17) is 22.7 Å². The summed E-state index contributed by atoms with van der Waals surface area (Å²) in [5.74, 6) is -0.0434. The van der Waals surface area contributed by atoms with Crippen LogP contribution in [0.3, 0.4) is 0 Å². The Morgan fingerprint density at radius 2 is 2.07 bits per heavy atom. The van der Waals surface area contributed by atoms with Gasteiger partial charge in [-0.1, -0.05) is 26.1 Å². The lowest BCUT2D eigenvalue weighted by Gasteiger charge is -2.21. The second-order valence-electron chi connectivity index (χ2n) is 3.33. The van der Waals surface area contributed by atoms with Crippen LogP contribution in [0.25, 0.3) is 0 Å². The molecule has 2 N–H and O–H groups in total. The molecule has 15 heavy (non-hydrogen) atoms. The molecule has 0 unspecified atom stereocenters. The lowest BCUT2D eigenvalue weighted by Crippen LogP contribution is -2.40. The maximum absolute atomic E-state index is 11.6. The summed E-state index contributed by atoms with van der Waals surface area (Å²) in [5, 5.41) is 0. The summed E-state index contributed by atoms with van der Waals surface area (Å²) in [6.45, 7) is 5.76. The van der Waals surface area contributed by atoms with Crippen molar-refractivity contribution >= 4 is 23.1 Å². The largest absolute Gasteiger partial charge is 0.392 e. The van der Waals surface area contributed by atoms with Gasteiger partial charge in [-0.05, 0) is 12.8 Å². The van der Waals surface area contributed by atoms with Gasteiger partial charge in [0, 0.05) is 13.2 Å². The number of ether oxygens (including phenoxy) is 1. The summed E-state index contributed by atoms with van der Waals surface area (Å²) in [6.07, 6.45) is 1.80. The van der Waals surface area contributed by atoms with E-state index in [-0.39, 0.29) is 12.5 Å². The molecule has 0 aromatic carbocycles. The molecule has 0 aromatic heterocycles. The molecule has 0 aliphatic rings. The van der Waals surface area contributed by atoms with Gasteiger partial charge < -0.3 is 15.4 Å². The molecule has 0 rings (SSSR count). The molecule has 0 aliphatic heterocycles. The molecule has 1 amide bonds. The van der Waals surface area contributed by atoms with E-state index < -0.39 is 0 Å². The normalized spacial score (nSPS) is 10.0. The van der Waals surface area contributed by atoms with Crippen molar-refractivity contribution in [1.29, 1.82) is 0 Å². The van der Waals surface area contributed by atoms with Gasteiger partial charge in [0.25, 0.3) is 0 Å². The molecule has 0 fully saturated rings. The second kappa shape index (κ2) is 8.61. The SMILES string of the molecule is CCCOCC(=O)N(CCC)CC(N)=S. The lowest BCUT2D eigenvalue weighted by molar-refractivity contribution is -0.135. The fourth-order valence-corrected chi connectivity index (χ4v) is 1.30. The number of nitrogens with two attached hydrogens (primary N) is 1. The van der Waals surface area contributed by atoms with Gasteiger partial charge in [0.05, 0.1) is 11.5 Å². The summed E-state index contributed by atoms with van der Waals surface area (Å²) in [5.41, 5.74) is 5.41. The summed E-state index contributed by atoms with van der Waals surface area (Å²) < 4.78 is 5.18. The number of rotatable bonds is 8. The van der Waals surface area contributed by atoms with Crippen molar-refractivity contribution in [2.45, 2.75) is 26.7 Å². The Morgan fingerprint density at radius 1 is 1.40 bits per heavy atom. The molecule has 5 heteroatoms. The predicted molar refractivity (Wildman–Crippen MR) is 64.8 cm³/mol. The smallest absolute Gasteiger partial charge is 0.248 e. The molecule has 0 saturated heterocycles. The Kier molecular flexibility index (Phi) is 8.22. The molecule has 4 nitrogen and oxygen atoms in total. The minimum absolute atomic E-state index is 0.0434. The van der Waals surface area contributed by atoms with Gasteiger partial charge in [-0.2, -0.15) is 0 Å². The highest BCUT2D eigenvalue weighted by molar-refractivity contribution is 7.80. The number of nitrogens with zero attached hydrogens (tertiary/aromatic N) is 1. The highest BCUT2D eigenvalue weighted by Crippen LogP contribution is 1.94. The van der Waals surface area contributed by atoms with E-state index in [9.17, 15) is 4.79 Å². The summed E-state index contributed by atoms with van der Waals surface area (Å²) in [4.78, 5) is 13.6. The molecule has 0 aliphatic carbocycles.